The van der Waals surface area contributed by atoms with E-state index in [1.807, 2.05) is 13.0 Å². The molecule has 3 aromatic rings. The van der Waals surface area contributed by atoms with Crippen molar-refractivity contribution in [3.63, 3.8) is 0 Å². The van der Waals surface area contributed by atoms with Crippen LogP contribution in [0.5, 0.6) is 5.75 Å². The standard InChI is InChI=1S/C22H26FN5O2/c1-14-9-16(24)11-19-21(14)22(26-13-25-19)27-18-5-4-15(23)10-20(18)30-17-3-2-6-28(12-17)7-8-29/h4-5,9-11,13,17,29H,2-3,6-8,12,24H2,1H3,(H,25,26,27). The summed E-state index contributed by atoms with van der Waals surface area (Å²) < 4.78 is 20.2. The Morgan fingerprint density at radius 1 is 1.30 bits per heavy atom. The number of anilines is 3. The molecule has 0 spiro atoms. The van der Waals surface area contributed by atoms with E-state index in [0.717, 1.165) is 35.9 Å². The molecule has 158 valence electrons. The number of β-amino-alcohol motifs (C(OH)–C–C–N with tert-alkyl or cyclic N) is 1. The molecule has 1 aliphatic rings. The molecule has 8 heteroatoms. The first kappa shape index (κ1) is 20.3. The summed E-state index contributed by atoms with van der Waals surface area (Å²) in [5.41, 5.74) is 8.90. The summed E-state index contributed by atoms with van der Waals surface area (Å²) >= 11 is 0. The fourth-order valence-electron chi connectivity index (χ4n) is 3.97. The van der Waals surface area contributed by atoms with E-state index in [1.165, 1.54) is 18.5 Å². The van der Waals surface area contributed by atoms with Crippen LogP contribution in [0.25, 0.3) is 10.9 Å². The van der Waals surface area contributed by atoms with Crippen molar-refractivity contribution in [1.82, 2.24) is 14.9 Å². The van der Waals surface area contributed by atoms with Crippen molar-refractivity contribution in [2.24, 2.45) is 0 Å². The Labute approximate surface area is 174 Å². The molecule has 0 radical (unpaired) electrons. The van der Waals surface area contributed by atoms with Gasteiger partial charge in [-0.2, -0.15) is 0 Å². The zero-order valence-corrected chi connectivity index (χ0v) is 16.9. The Hall–Kier alpha value is -2.97. The van der Waals surface area contributed by atoms with Crippen LogP contribution in [-0.2, 0) is 0 Å². The largest absolute Gasteiger partial charge is 0.487 e. The Morgan fingerprint density at radius 3 is 3.00 bits per heavy atom. The van der Waals surface area contributed by atoms with Crippen LogP contribution in [0, 0.1) is 12.7 Å². The number of aromatic nitrogens is 2. The maximum absolute atomic E-state index is 14.0. The van der Waals surface area contributed by atoms with E-state index < -0.39 is 0 Å². The van der Waals surface area contributed by atoms with Gasteiger partial charge in [-0.1, -0.05) is 0 Å². The number of aliphatic hydroxyl groups excluding tert-OH is 1. The average Bonchev–Trinajstić information content (AvgIpc) is 2.70. The van der Waals surface area contributed by atoms with E-state index in [-0.39, 0.29) is 18.5 Å². The second-order valence-electron chi connectivity index (χ2n) is 7.63. The molecule has 1 saturated heterocycles. The molecule has 7 nitrogen and oxygen atoms in total. The Balaban J connectivity index is 1.62. The number of fused-ring (bicyclic) bond motifs is 1. The van der Waals surface area contributed by atoms with E-state index in [9.17, 15) is 9.50 Å². The van der Waals surface area contributed by atoms with Gasteiger partial charge in [0.2, 0.25) is 0 Å². The molecule has 2 heterocycles. The van der Waals surface area contributed by atoms with Crippen LogP contribution in [0.2, 0.25) is 0 Å². The fraction of sp³-hybridized carbons (Fsp3) is 0.364. The van der Waals surface area contributed by atoms with Crippen LogP contribution in [0.3, 0.4) is 0 Å². The molecule has 4 rings (SSSR count). The van der Waals surface area contributed by atoms with Gasteiger partial charge in [0.05, 0.1) is 17.8 Å². The highest BCUT2D eigenvalue weighted by atomic mass is 19.1. The van der Waals surface area contributed by atoms with Gasteiger partial charge in [0, 0.05) is 30.2 Å². The zero-order valence-electron chi connectivity index (χ0n) is 16.9. The SMILES string of the molecule is Cc1cc(N)cc2ncnc(Nc3ccc(F)cc3OC3CCCN(CCO)C3)c12. The molecule has 0 amide bonds. The second-order valence-corrected chi connectivity index (χ2v) is 7.63. The van der Waals surface area contributed by atoms with Crippen LogP contribution >= 0.6 is 0 Å². The number of aryl methyl sites for hydroxylation is 1. The van der Waals surface area contributed by atoms with E-state index in [0.29, 0.717) is 36.0 Å². The number of ether oxygens (including phenoxy) is 1. The molecule has 1 unspecified atom stereocenters. The van der Waals surface area contributed by atoms with Crippen molar-refractivity contribution < 1.29 is 14.2 Å². The second kappa shape index (κ2) is 8.81. The number of halogens is 1. The van der Waals surface area contributed by atoms with Crippen molar-refractivity contribution in [3.05, 3.63) is 48.0 Å². The van der Waals surface area contributed by atoms with Gasteiger partial charge in [0.15, 0.2) is 0 Å². The van der Waals surface area contributed by atoms with Gasteiger partial charge in [0.25, 0.3) is 0 Å². The number of nitrogens with one attached hydrogen (secondary N) is 1. The highest BCUT2D eigenvalue weighted by molar-refractivity contribution is 5.95. The molecule has 0 saturated carbocycles. The van der Waals surface area contributed by atoms with Crippen molar-refractivity contribution in [1.29, 1.82) is 0 Å². The number of hydrogen-bond acceptors (Lipinski definition) is 7. The third-order valence-corrected chi connectivity index (χ3v) is 5.33. The highest BCUT2D eigenvalue weighted by Gasteiger charge is 2.22. The molecule has 1 atom stereocenters. The van der Waals surface area contributed by atoms with Gasteiger partial charge < -0.3 is 20.9 Å². The smallest absolute Gasteiger partial charge is 0.146 e. The molecule has 0 bridgehead atoms. The predicted octanol–water partition coefficient (Wildman–Crippen LogP) is 3.24. The van der Waals surface area contributed by atoms with Gasteiger partial charge in [-0.15, -0.1) is 0 Å². The molecule has 1 fully saturated rings. The minimum atomic E-state index is -0.366. The maximum atomic E-state index is 14.0. The van der Waals surface area contributed by atoms with Crippen molar-refractivity contribution in [3.8, 4) is 5.75 Å². The number of nitrogens with zero attached hydrogens (tertiary/aromatic N) is 3. The van der Waals surface area contributed by atoms with Crippen LogP contribution in [0.4, 0.5) is 21.6 Å². The molecule has 1 aliphatic heterocycles. The van der Waals surface area contributed by atoms with Crippen LogP contribution < -0.4 is 15.8 Å². The fourth-order valence-corrected chi connectivity index (χ4v) is 3.97. The summed E-state index contributed by atoms with van der Waals surface area (Å²) in [6, 6.07) is 8.11. The number of rotatable bonds is 6. The molecule has 1 aromatic heterocycles. The van der Waals surface area contributed by atoms with E-state index in [1.54, 1.807) is 12.1 Å². The molecule has 0 aliphatic carbocycles. The summed E-state index contributed by atoms with van der Waals surface area (Å²) in [5.74, 6) is 0.681. The predicted molar refractivity (Wildman–Crippen MR) is 116 cm³/mol. The lowest BCUT2D eigenvalue weighted by molar-refractivity contribution is 0.0770. The number of likely N-dealkylation sites (tertiary alicyclic amines) is 1. The third kappa shape index (κ3) is 4.44. The van der Waals surface area contributed by atoms with E-state index >= 15 is 0 Å². The quantitative estimate of drug-likeness (QED) is 0.536. The van der Waals surface area contributed by atoms with Gasteiger partial charge in [-0.25, -0.2) is 14.4 Å². The number of nitrogen functional groups attached to an aromatic ring is 1. The van der Waals surface area contributed by atoms with Gasteiger partial charge in [-0.05, 0) is 56.1 Å². The van der Waals surface area contributed by atoms with Gasteiger partial charge >= 0.3 is 0 Å². The summed E-state index contributed by atoms with van der Waals surface area (Å²) in [5, 5.41) is 13.4. The number of benzene rings is 2. The van der Waals surface area contributed by atoms with Gasteiger partial charge in [-0.3, -0.25) is 4.90 Å². The highest BCUT2D eigenvalue weighted by Crippen LogP contribution is 2.33. The lowest BCUT2D eigenvalue weighted by atomic mass is 10.1. The maximum Gasteiger partial charge on any atom is 0.146 e. The van der Waals surface area contributed by atoms with Crippen LogP contribution in [0.1, 0.15) is 18.4 Å². The minimum Gasteiger partial charge on any atom is -0.487 e. The topological polar surface area (TPSA) is 96.5 Å². The summed E-state index contributed by atoms with van der Waals surface area (Å²) in [7, 11) is 0. The summed E-state index contributed by atoms with van der Waals surface area (Å²) in [4.78, 5) is 10.9. The Kier molecular flexibility index (Phi) is 5.96. The number of nitrogens with two attached hydrogens (primary N) is 1. The summed E-state index contributed by atoms with van der Waals surface area (Å²) in [6.07, 6.45) is 3.25. The van der Waals surface area contributed by atoms with Crippen molar-refractivity contribution >= 4 is 28.1 Å². The molecule has 2 aromatic carbocycles. The number of aliphatic hydroxyl groups is 1. The molecule has 4 N–H and O–H groups in total. The monoisotopic (exact) mass is 411 g/mol. The summed E-state index contributed by atoms with van der Waals surface area (Å²) in [6.45, 7) is 4.32. The molecule has 30 heavy (non-hydrogen) atoms. The first-order chi connectivity index (χ1) is 14.5. The average molecular weight is 411 g/mol. The minimum absolute atomic E-state index is 0.0728. The van der Waals surface area contributed by atoms with Gasteiger partial charge in [0.1, 0.15) is 29.8 Å². The first-order valence-corrected chi connectivity index (χ1v) is 10.1. The zero-order chi connectivity index (χ0) is 21.1. The number of piperidine rings is 1. The lowest BCUT2D eigenvalue weighted by Crippen LogP contribution is -2.42. The Bertz CT molecular complexity index is 1040. The van der Waals surface area contributed by atoms with E-state index in [2.05, 4.69) is 20.2 Å². The molecular formula is C22H26FN5O2. The van der Waals surface area contributed by atoms with Crippen molar-refractivity contribution in [2.45, 2.75) is 25.9 Å². The lowest BCUT2D eigenvalue weighted by Gasteiger charge is -2.32. The first-order valence-electron chi connectivity index (χ1n) is 10.1. The van der Waals surface area contributed by atoms with Crippen LogP contribution in [-0.4, -0.2) is 52.3 Å². The number of hydrogen-bond donors (Lipinski definition) is 3. The normalized spacial score (nSPS) is 17.2. The molecular weight excluding hydrogens is 385 g/mol. The van der Waals surface area contributed by atoms with Crippen molar-refractivity contribution in [2.75, 3.05) is 37.3 Å². The Morgan fingerprint density at radius 2 is 2.17 bits per heavy atom. The van der Waals surface area contributed by atoms with Crippen LogP contribution in [0.15, 0.2) is 36.7 Å². The van der Waals surface area contributed by atoms with E-state index in [4.69, 9.17) is 10.5 Å². The third-order valence-electron chi connectivity index (χ3n) is 5.33.